The molecular weight excluding hydrogens is 468 g/mol. The molecule has 0 spiro atoms. The Morgan fingerprint density at radius 3 is 2.23 bits per heavy atom. The van der Waals surface area contributed by atoms with Crippen LogP contribution in [0.15, 0.2) is 23.4 Å². The van der Waals surface area contributed by atoms with Crippen LogP contribution < -0.4 is 0 Å². The van der Waals surface area contributed by atoms with E-state index in [9.17, 15) is 22.8 Å². The van der Waals surface area contributed by atoms with Gasteiger partial charge in [-0.25, -0.2) is 4.68 Å². The van der Waals surface area contributed by atoms with Gasteiger partial charge in [-0.2, -0.15) is 13.2 Å². The standard InChI is InChI=1S/C16H15Cl2F3N6O2S/c17-11-5-10(6-12(18)7-11)14(29)26-3-1-25(2-4-26)13(28)8-30-15-22-23-24-27(15)9-16(19,20)21/h5-7H,1-4,8-9H2. The number of aromatic nitrogens is 4. The predicted octanol–water partition coefficient (Wildman–Crippen LogP) is 2.62. The lowest BCUT2D eigenvalue weighted by atomic mass is 10.2. The highest BCUT2D eigenvalue weighted by molar-refractivity contribution is 7.99. The fourth-order valence-electron chi connectivity index (χ4n) is 2.81. The van der Waals surface area contributed by atoms with E-state index in [-0.39, 0.29) is 22.7 Å². The zero-order valence-electron chi connectivity index (χ0n) is 15.3. The number of thioether (sulfide) groups is 1. The summed E-state index contributed by atoms with van der Waals surface area (Å²) < 4.78 is 38.1. The number of hydrogen-bond acceptors (Lipinski definition) is 6. The van der Waals surface area contributed by atoms with Crippen LogP contribution in [0, 0.1) is 0 Å². The third-order valence-electron chi connectivity index (χ3n) is 4.18. The van der Waals surface area contributed by atoms with E-state index < -0.39 is 12.7 Å². The van der Waals surface area contributed by atoms with Gasteiger partial charge in [-0.15, -0.1) is 5.10 Å². The summed E-state index contributed by atoms with van der Waals surface area (Å²) in [6, 6.07) is 4.57. The summed E-state index contributed by atoms with van der Waals surface area (Å²) in [6.45, 7) is -0.110. The number of alkyl halides is 3. The molecule has 3 rings (SSSR count). The Hall–Kier alpha value is -2.05. The summed E-state index contributed by atoms with van der Waals surface area (Å²) >= 11 is 12.7. The first kappa shape index (κ1) is 22.6. The van der Waals surface area contributed by atoms with Crippen LogP contribution in [0.25, 0.3) is 0 Å². The third-order valence-corrected chi connectivity index (χ3v) is 5.56. The number of halogens is 5. The summed E-state index contributed by atoms with van der Waals surface area (Å²) in [6.07, 6.45) is -4.47. The fraction of sp³-hybridized carbons (Fsp3) is 0.438. The van der Waals surface area contributed by atoms with E-state index in [1.165, 1.54) is 18.2 Å². The van der Waals surface area contributed by atoms with Crippen LogP contribution in [-0.2, 0) is 11.3 Å². The molecule has 0 N–H and O–H groups in total. The molecule has 1 aliphatic rings. The van der Waals surface area contributed by atoms with E-state index in [4.69, 9.17) is 23.2 Å². The number of carbonyl (C=O) groups is 2. The number of benzene rings is 1. The van der Waals surface area contributed by atoms with Gasteiger partial charge in [0.2, 0.25) is 11.1 Å². The molecule has 30 heavy (non-hydrogen) atoms. The molecule has 1 aromatic carbocycles. The monoisotopic (exact) mass is 482 g/mol. The van der Waals surface area contributed by atoms with Gasteiger partial charge in [-0.05, 0) is 28.6 Å². The minimum Gasteiger partial charge on any atom is -0.338 e. The van der Waals surface area contributed by atoms with Crippen LogP contribution >= 0.6 is 35.0 Å². The van der Waals surface area contributed by atoms with Crippen molar-refractivity contribution in [2.24, 2.45) is 0 Å². The zero-order valence-corrected chi connectivity index (χ0v) is 17.6. The van der Waals surface area contributed by atoms with Crippen molar-refractivity contribution in [2.75, 3.05) is 31.9 Å². The molecule has 0 unspecified atom stereocenters. The van der Waals surface area contributed by atoms with Gasteiger partial charge in [0, 0.05) is 41.8 Å². The largest absolute Gasteiger partial charge is 0.408 e. The van der Waals surface area contributed by atoms with Crippen molar-refractivity contribution in [3.63, 3.8) is 0 Å². The van der Waals surface area contributed by atoms with E-state index >= 15 is 0 Å². The van der Waals surface area contributed by atoms with Crippen molar-refractivity contribution in [3.05, 3.63) is 33.8 Å². The number of tetrazole rings is 1. The molecule has 0 saturated carbocycles. The van der Waals surface area contributed by atoms with Crippen LogP contribution in [0.3, 0.4) is 0 Å². The summed E-state index contributed by atoms with van der Waals surface area (Å²) in [7, 11) is 0. The van der Waals surface area contributed by atoms with Gasteiger partial charge >= 0.3 is 6.18 Å². The predicted molar refractivity (Wildman–Crippen MR) is 104 cm³/mol. The quantitative estimate of drug-likeness (QED) is 0.609. The molecule has 2 amide bonds. The Labute approximate surface area is 183 Å². The Morgan fingerprint density at radius 2 is 1.63 bits per heavy atom. The van der Waals surface area contributed by atoms with E-state index in [1.54, 1.807) is 9.80 Å². The summed E-state index contributed by atoms with van der Waals surface area (Å²) in [5.41, 5.74) is 0.360. The minimum atomic E-state index is -4.47. The van der Waals surface area contributed by atoms with Crippen LogP contribution in [0.5, 0.6) is 0 Å². The molecule has 1 saturated heterocycles. The van der Waals surface area contributed by atoms with Crippen molar-refractivity contribution in [2.45, 2.75) is 17.9 Å². The van der Waals surface area contributed by atoms with Gasteiger partial charge in [0.25, 0.3) is 5.91 Å². The second kappa shape index (κ2) is 9.40. The van der Waals surface area contributed by atoms with Gasteiger partial charge in [-0.1, -0.05) is 35.0 Å². The van der Waals surface area contributed by atoms with Gasteiger partial charge in [0.1, 0.15) is 6.54 Å². The highest BCUT2D eigenvalue weighted by Crippen LogP contribution is 2.22. The highest BCUT2D eigenvalue weighted by atomic mass is 35.5. The zero-order chi connectivity index (χ0) is 21.9. The fourth-order valence-corrected chi connectivity index (χ4v) is 4.11. The molecule has 0 aliphatic carbocycles. The van der Waals surface area contributed by atoms with E-state index in [2.05, 4.69) is 15.5 Å². The van der Waals surface area contributed by atoms with Crippen LogP contribution in [-0.4, -0.2) is 79.9 Å². The lowest BCUT2D eigenvalue weighted by Crippen LogP contribution is -2.51. The molecule has 0 atom stereocenters. The first-order valence-electron chi connectivity index (χ1n) is 8.61. The Kier molecular flexibility index (Phi) is 7.09. The van der Waals surface area contributed by atoms with Crippen molar-refractivity contribution < 1.29 is 22.8 Å². The van der Waals surface area contributed by atoms with Gasteiger partial charge < -0.3 is 9.80 Å². The lowest BCUT2D eigenvalue weighted by molar-refractivity contribution is -0.144. The smallest absolute Gasteiger partial charge is 0.338 e. The van der Waals surface area contributed by atoms with Gasteiger partial charge in [0.05, 0.1) is 5.75 Å². The molecule has 1 fully saturated rings. The van der Waals surface area contributed by atoms with Crippen LogP contribution in [0.2, 0.25) is 10.0 Å². The Balaban J connectivity index is 1.51. The first-order valence-corrected chi connectivity index (χ1v) is 10.4. The molecule has 162 valence electrons. The Bertz CT molecular complexity index is 914. The number of hydrogen-bond donors (Lipinski definition) is 0. The van der Waals surface area contributed by atoms with Crippen molar-refractivity contribution >= 4 is 46.8 Å². The van der Waals surface area contributed by atoms with Crippen LogP contribution in [0.4, 0.5) is 13.2 Å². The van der Waals surface area contributed by atoms with E-state index in [0.717, 1.165) is 11.8 Å². The van der Waals surface area contributed by atoms with E-state index in [1.807, 2.05) is 0 Å². The summed E-state index contributed by atoms with van der Waals surface area (Å²) in [5.74, 6) is -0.637. The maximum Gasteiger partial charge on any atom is 0.408 e. The normalized spacial score (nSPS) is 14.8. The molecule has 0 bridgehead atoms. The molecule has 2 heterocycles. The molecular formula is C16H15Cl2F3N6O2S. The molecule has 0 radical (unpaired) electrons. The third kappa shape index (κ3) is 5.99. The topological polar surface area (TPSA) is 84.2 Å². The van der Waals surface area contributed by atoms with Gasteiger partial charge in [0.15, 0.2) is 0 Å². The number of amides is 2. The summed E-state index contributed by atoms with van der Waals surface area (Å²) in [4.78, 5) is 28.1. The SMILES string of the molecule is O=C(CSc1nnnn1CC(F)(F)F)N1CCN(C(=O)c2cc(Cl)cc(Cl)c2)CC1. The number of carbonyl (C=O) groups excluding carboxylic acids is 2. The maximum absolute atomic E-state index is 12.6. The molecule has 2 aromatic rings. The van der Waals surface area contributed by atoms with Crippen molar-refractivity contribution in [1.29, 1.82) is 0 Å². The highest BCUT2D eigenvalue weighted by Gasteiger charge is 2.31. The van der Waals surface area contributed by atoms with Gasteiger partial charge in [-0.3, -0.25) is 9.59 Å². The molecule has 14 heteroatoms. The minimum absolute atomic E-state index is 0.0904. The molecule has 8 nitrogen and oxygen atoms in total. The summed E-state index contributed by atoms with van der Waals surface area (Å²) in [5, 5.41) is 10.6. The van der Waals surface area contributed by atoms with Crippen molar-refractivity contribution in [3.8, 4) is 0 Å². The number of rotatable bonds is 5. The number of piperazine rings is 1. The Morgan fingerprint density at radius 1 is 1.03 bits per heavy atom. The average molecular weight is 483 g/mol. The molecule has 1 aromatic heterocycles. The maximum atomic E-state index is 12.6. The first-order chi connectivity index (χ1) is 14.1. The second-order valence-corrected chi connectivity index (χ2v) is 8.17. The number of nitrogens with zero attached hydrogens (tertiary/aromatic N) is 6. The lowest BCUT2D eigenvalue weighted by Gasteiger charge is -2.34. The molecule has 1 aliphatic heterocycles. The van der Waals surface area contributed by atoms with E-state index in [0.29, 0.717) is 46.5 Å². The van der Waals surface area contributed by atoms with Crippen molar-refractivity contribution in [1.82, 2.24) is 30.0 Å². The van der Waals surface area contributed by atoms with Crippen LogP contribution in [0.1, 0.15) is 10.4 Å². The second-order valence-electron chi connectivity index (χ2n) is 6.35. The average Bonchev–Trinajstić information content (AvgIpc) is 3.10.